The van der Waals surface area contributed by atoms with Crippen LogP contribution < -0.4 is 10.5 Å². The Balaban J connectivity index is 1.43. The molecule has 150 valence electrons. The predicted molar refractivity (Wildman–Crippen MR) is 104 cm³/mol. The van der Waals surface area contributed by atoms with Crippen molar-refractivity contribution in [1.29, 1.82) is 0 Å². The molecule has 0 aromatic carbocycles. The molecule has 0 spiro atoms. The number of nitrogens with zero attached hydrogens (tertiary/aromatic N) is 9. The Bertz CT molecular complexity index is 1060. The summed E-state index contributed by atoms with van der Waals surface area (Å²) in [7, 11) is 0. The summed E-state index contributed by atoms with van der Waals surface area (Å²) in [6.07, 6.45) is 4.51. The van der Waals surface area contributed by atoms with E-state index < -0.39 is 6.04 Å². The average Bonchev–Trinajstić information content (AvgIpc) is 3.30. The Labute approximate surface area is 166 Å². The first-order chi connectivity index (χ1) is 14.0. The third-order valence-corrected chi connectivity index (χ3v) is 4.89. The summed E-state index contributed by atoms with van der Waals surface area (Å²) >= 11 is 0. The Hall–Kier alpha value is -3.63. The average molecular weight is 395 g/mol. The van der Waals surface area contributed by atoms with Crippen LogP contribution in [0, 0.1) is 6.92 Å². The summed E-state index contributed by atoms with van der Waals surface area (Å²) in [5.41, 5.74) is 0.415. The fourth-order valence-electron chi connectivity index (χ4n) is 3.28. The minimum absolute atomic E-state index is 0.115. The molecule has 3 aromatic heterocycles. The summed E-state index contributed by atoms with van der Waals surface area (Å²) in [5.74, 6) is 1.28. The maximum Gasteiger partial charge on any atom is 0.267 e. The molecular formula is C18H21N9O2. The van der Waals surface area contributed by atoms with Crippen molar-refractivity contribution >= 4 is 11.7 Å². The van der Waals surface area contributed by atoms with E-state index in [1.807, 2.05) is 6.07 Å². The number of piperazine rings is 1. The molecule has 1 unspecified atom stereocenters. The van der Waals surface area contributed by atoms with Gasteiger partial charge in [-0.1, -0.05) is 0 Å². The number of rotatable bonds is 4. The minimum atomic E-state index is -0.646. The number of amides is 1. The van der Waals surface area contributed by atoms with E-state index in [-0.39, 0.29) is 11.5 Å². The summed E-state index contributed by atoms with van der Waals surface area (Å²) in [6.45, 7) is 5.82. The molecule has 1 aliphatic rings. The first kappa shape index (κ1) is 18.7. The maximum atomic E-state index is 12.9. The largest absolute Gasteiger partial charge is 0.353 e. The van der Waals surface area contributed by atoms with Gasteiger partial charge in [-0.05, 0) is 19.9 Å². The molecular weight excluding hydrogens is 374 g/mol. The van der Waals surface area contributed by atoms with Crippen LogP contribution in [0.1, 0.15) is 18.7 Å². The third-order valence-electron chi connectivity index (χ3n) is 4.89. The molecule has 1 saturated heterocycles. The molecule has 1 amide bonds. The van der Waals surface area contributed by atoms with Crippen LogP contribution in [-0.2, 0) is 4.79 Å². The van der Waals surface area contributed by atoms with Crippen molar-refractivity contribution in [3.8, 4) is 5.82 Å². The summed E-state index contributed by atoms with van der Waals surface area (Å²) < 4.78 is 2.82. The van der Waals surface area contributed by atoms with Crippen LogP contribution in [-0.4, -0.2) is 71.5 Å². The van der Waals surface area contributed by atoms with Crippen molar-refractivity contribution < 1.29 is 4.79 Å². The van der Waals surface area contributed by atoms with Crippen molar-refractivity contribution in [3.05, 3.63) is 53.2 Å². The molecule has 11 heteroatoms. The predicted octanol–water partition coefficient (Wildman–Crippen LogP) is -0.168. The summed E-state index contributed by atoms with van der Waals surface area (Å²) in [5, 5.41) is 8.28. The Morgan fingerprint density at radius 2 is 1.83 bits per heavy atom. The minimum Gasteiger partial charge on any atom is -0.353 e. The lowest BCUT2D eigenvalue weighted by molar-refractivity contribution is -0.135. The topological polar surface area (TPSA) is 115 Å². The Kier molecular flexibility index (Phi) is 5.02. The molecule has 4 rings (SSSR count). The summed E-state index contributed by atoms with van der Waals surface area (Å²) in [4.78, 5) is 41.3. The van der Waals surface area contributed by atoms with Gasteiger partial charge in [-0.3, -0.25) is 9.59 Å². The van der Waals surface area contributed by atoms with Gasteiger partial charge in [0.15, 0.2) is 5.82 Å². The van der Waals surface area contributed by atoms with Gasteiger partial charge in [-0.2, -0.15) is 10.2 Å². The molecule has 4 heterocycles. The normalized spacial score (nSPS) is 15.4. The van der Waals surface area contributed by atoms with E-state index >= 15 is 0 Å². The highest BCUT2D eigenvalue weighted by Crippen LogP contribution is 2.17. The van der Waals surface area contributed by atoms with Crippen LogP contribution in [0.5, 0.6) is 0 Å². The first-order valence-electron chi connectivity index (χ1n) is 9.30. The molecule has 0 radical (unpaired) electrons. The van der Waals surface area contributed by atoms with Crippen molar-refractivity contribution in [3.63, 3.8) is 0 Å². The van der Waals surface area contributed by atoms with Gasteiger partial charge in [0.1, 0.15) is 30.8 Å². The van der Waals surface area contributed by atoms with Gasteiger partial charge in [0.25, 0.3) is 5.56 Å². The second kappa shape index (κ2) is 7.78. The van der Waals surface area contributed by atoms with Crippen LogP contribution in [0.25, 0.3) is 5.82 Å². The quantitative estimate of drug-likeness (QED) is 0.598. The fraction of sp³-hybridized carbons (Fsp3) is 0.389. The lowest BCUT2D eigenvalue weighted by Gasteiger charge is -2.36. The van der Waals surface area contributed by atoms with Crippen LogP contribution in [0.2, 0.25) is 0 Å². The van der Waals surface area contributed by atoms with E-state index in [2.05, 4.69) is 30.0 Å². The zero-order chi connectivity index (χ0) is 20.4. The molecule has 29 heavy (non-hydrogen) atoms. The van der Waals surface area contributed by atoms with Gasteiger partial charge in [-0.15, -0.1) is 0 Å². The second-order valence-corrected chi connectivity index (χ2v) is 6.82. The lowest BCUT2D eigenvalue weighted by Crippen LogP contribution is -2.51. The number of carbonyl (C=O) groups excluding carboxylic acids is 1. The molecule has 1 atom stereocenters. The highest BCUT2D eigenvalue weighted by atomic mass is 16.2. The second-order valence-electron chi connectivity index (χ2n) is 6.82. The number of hydrogen-bond acceptors (Lipinski definition) is 8. The van der Waals surface area contributed by atoms with E-state index in [1.165, 1.54) is 23.4 Å². The van der Waals surface area contributed by atoms with Crippen molar-refractivity contribution in [2.45, 2.75) is 19.9 Å². The van der Waals surface area contributed by atoms with Crippen LogP contribution in [0.4, 0.5) is 5.82 Å². The van der Waals surface area contributed by atoms with Crippen LogP contribution in [0.3, 0.4) is 0 Å². The van der Waals surface area contributed by atoms with Crippen molar-refractivity contribution in [1.82, 2.24) is 39.4 Å². The molecule has 0 saturated carbocycles. The fourth-order valence-corrected chi connectivity index (χ4v) is 3.28. The number of carbonyl (C=O) groups is 1. The van der Waals surface area contributed by atoms with Gasteiger partial charge >= 0.3 is 0 Å². The number of anilines is 1. The highest BCUT2D eigenvalue weighted by Gasteiger charge is 2.27. The lowest BCUT2D eigenvalue weighted by atomic mass is 10.2. The standard InChI is InChI=1S/C18H21N9O2/c1-13-3-4-17(28)27(23-13)14(2)18(29)25-7-5-24(6-8-25)15-9-16(21-11-20-15)26-12-19-10-22-26/h3-4,9-12,14H,5-8H2,1-2H3. The smallest absolute Gasteiger partial charge is 0.267 e. The zero-order valence-corrected chi connectivity index (χ0v) is 16.2. The molecule has 1 fully saturated rings. The van der Waals surface area contributed by atoms with E-state index in [1.54, 1.807) is 35.8 Å². The van der Waals surface area contributed by atoms with Gasteiger partial charge in [0, 0.05) is 38.3 Å². The van der Waals surface area contributed by atoms with Crippen molar-refractivity contribution in [2.24, 2.45) is 0 Å². The highest BCUT2D eigenvalue weighted by molar-refractivity contribution is 5.80. The van der Waals surface area contributed by atoms with Crippen LogP contribution in [0.15, 0.2) is 42.0 Å². The molecule has 1 aliphatic heterocycles. The Morgan fingerprint density at radius 3 is 2.55 bits per heavy atom. The molecule has 0 N–H and O–H groups in total. The van der Waals surface area contributed by atoms with Gasteiger partial charge < -0.3 is 9.80 Å². The monoisotopic (exact) mass is 395 g/mol. The van der Waals surface area contributed by atoms with Gasteiger partial charge in [0.2, 0.25) is 5.91 Å². The van der Waals surface area contributed by atoms with E-state index in [0.717, 1.165) is 5.82 Å². The molecule has 0 bridgehead atoms. The van der Waals surface area contributed by atoms with E-state index in [0.29, 0.717) is 37.7 Å². The maximum absolute atomic E-state index is 12.9. The zero-order valence-electron chi connectivity index (χ0n) is 16.2. The SMILES string of the molecule is Cc1ccc(=O)n(C(C)C(=O)N2CCN(c3cc(-n4cncn4)ncn3)CC2)n1. The number of hydrogen-bond donors (Lipinski definition) is 0. The first-order valence-corrected chi connectivity index (χ1v) is 9.30. The summed E-state index contributed by atoms with van der Waals surface area (Å²) in [6, 6.07) is 4.27. The van der Waals surface area contributed by atoms with Crippen LogP contribution >= 0.6 is 0 Å². The van der Waals surface area contributed by atoms with Crippen molar-refractivity contribution in [2.75, 3.05) is 31.1 Å². The van der Waals surface area contributed by atoms with E-state index in [9.17, 15) is 9.59 Å². The molecule has 11 nitrogen and oxygen atoms in total. The van der Waals surface area contributed by atoms with Gasteiger partial charge in [0.05, 0.1) is 5.69 Å². The third kappa shape index (κ3) is 3.84. The molecule has 0 aliphatic carbocycles. The number of aryl methyl sites for hydroxylation is 1. The number of aromatic nitrogens is 7. The molecule has 3 aromatic rings. The van der Waals surface area contributed by atoms with E-state index in [4.69, 9.17) is 0 Å². The Morgan fingerprint density at radius 1 is 1.07 bits per heavy atom. The van der Waals surface area contributed by atoms with Gasteiger partial charge in [-0.25, -0.2) is 24.3 Å².